The number of rotatable bonds is 6. The van der Waals surface area contributed by atoms with Crippen LogP contribution in [0.3, 0.4) is 0 Å². The molecule has 128 valence electrons. The zero-order valence-electron chi connectivity index (χ0n) is 13.8. The fourth-order valence-corrected chi connectivity index (χ4v) is 3.58. The lowest BCUT2D eigenvalue weighted by molar-refractivity contribution is 0.201. The van der Waals surface area contributed by atoms with Gasteiger partial charge in [0, 0.05) is 25.0 Å². The summed E-state index contributed by atoms with van der Waals surface area (Å²) in [5.41, 5.74) is 1.95. The second kappa shape index (κ2) is 7.57. The van der Waals surface area contributed by atoms with Crippen molar-refractivity contribution >= 4 is 16.5 Å². The van der Waals surface area contributed by atoms with Crippen LogP contribution < -0.4 is 10.1 Å². The van der Waals surface area contributed by atoms with E-state index in [9.17, 15) is 0 Å². The first-order valence-corrected chi connectivity index (χ1v) is 9.29. The predicted molar refractivity (Wildman–Crippen MR) is 97.6 cm³/mol. The summed E-state index contributed by atoms with van der Waals surface area (Å²) >= 11 is 1.49. The van der Waals surface area contributed by atoms with Gasteiger partial charge in [0.25, 0.3) is 0 Å². The smallest absolute Gasteiger partial charge is 0.213 e. The van der Waals surface area contributed by atoms with Gasteiger partial charge in [-0.2, -0.15) is 0 Å². The van der Waals surface area contributed by atoms with E-state index in [1.807, 2.05) is 30.3 Å². The van der Waals surface area contributed by atoms with Gasteiger partial charge in [0.1, 0.15) is 11.8 Å². The van der Waals surface area contributed by atoms with E-state index in [1.54, 1.807) is 12.4 Å². The van der Waals surface area contributed by atoms with E-state index < -0.39 is 0 Å². The van der Waals surface area contributed by atoms with Crippen LogP contribution >= 0.6 is 11.3 Å². The van der Waals surface area contributed by atoms with Gasteiger partial charge in [-0.25, -0.2) is 4.98 Å². The predicted octanol–water partition coefficient (Wildman–Crippen LogP) is 3.93. The van der Waals surface area contributed by atoms with Crippen LogP contribution in [0, 0.1) is 0 Å². The van der Waals surface area contributed by atoms with Gasteiger partial charge in [0.15, 0.2) is 5.01 Å². The highest BCUT2D eigenvalue weighted by Gasteiger charge is 2.17. The summed E-state index contributed by atoms with van der Waals surface area (Å²) in [6, 6.07) is 9.74. The minimum absolute atomic E-state index is 0.319. The first-order valence-electron chi connectivity index (χ1n) is 8.47. The van der Waals surface area contributed by atoms with Gasteiger partial charge in [-0.3, -0.25) is 4.98 Å². The van der Waals surface area contributed by atoms with Crippen molar-refractivity contribution in [1.29, 1.82) is 0 Å². The molecule has 3 heterocycles. The molecule has 0 aromatic carbocycles. The summed E-state index contributed by atoms with van der Waals surface area (Å²) in [4.78, 5) is 8.61. The Bertz CT molecular complexity index is 817. The van der Waals surface area contributed by atoms with E-state index in [-0.39, 0.29) is 0 Å². The van der Waals surface area contributed by atoms with Crippen molar-refractivity contribution in [3.63, 3.8) is 0 Å². The second-order valence-electron chi connectivity index (χ2n) is 6.01. The Balaban J connectivity index is 1.37. The Hall–Kier alpha value is -2.54. The molecule has 1 N–H and O–H groups in total. The first-order chi connectivity index (χ1) is 12.4. The van der Waals surface area contributed by atoms with Crippen LogP contribution in [-0.2, 0) is 6.54 Å². The molecule has 0 spiro atoms. The standard InChI is InChI=1S/C18H19N5OS/c1-2-6-14(5-1)24-16-11-13(8-10-20-16)12-21-18-23-22-17(25-18)15-7-3-4-9-19-15/h3-4,7-11,14H,1-2,5-6,12H2,(H,21,23). The van der Waals surface area contributed by atoms with E-state index in [0.717, 1.165) is 34.2 Å². The molecule has 25 heavy (non-hydrogen) atoms. The molecule has 0 unspecified atom stereocenters. The fourth-order valence-electron chi connectivity index (χ4n) is 2.87. The van der Waals surface area contributed by atoms with Crippen molar-refractivity contribution in [3.05, 3.63) is 48.3 Å². The summed E-state index contributed by atoms with van der Waals surface area (Å²) < 4.78 is 5.96. The van der Waals surface area contributed by atoms with Crippen LogP contribution in [0.5, 0.6) is 5.88 Å². The van der Waals surface area contributed by atoms with Gasteiger partial charge < -0.3 is 10.1 Å². The van der Waals surface area contributed by atoms with E-state index in [4.69, 9.17) is 4.74 Å². The van der Waals surface area contributed by atoms with Gasteiger partial charge in [-0.1, -0.05) is 17.4 Å². The lowest BCUT2D eigenvalue weighted by Gasteiger charge is -2.12. The van der Waals surface area contributed by atoms with Crippen LogP contribution in [-0.4, -0.2) is 26.3 Å². The third-order valence-electron chi connectivity index (χ3n) is 4.14. The van der Waals surface area contributed by atoms with Crippen LogP contribution in [0.25, 0.3) is 10.7 Å². The van der Waals surface area contributed by atoms with E-state index in [0.29, 0.717) is 18.5 Å². The molecule has 7 heteroatoms. The molecular weight excluding hydrogens is 334 g/mol. The topological polar surface area (TPSA) is 72.8 Å². The number of aromatic nitrogens is 4. The minimum atomic E-state index is 0.319. The summed E-state index contributed by atoms with van der Waals surface area (Å²) in [6.45, 7) is 0.653. The maximum Gasteiger partial charge on any atom is 0.213 e. The molecule has 0 bridgehead atoms. The van der Waals surface area contributed by atoms with Crippen molar-refractivity contribution in [2.75, 3.05) is 5.32 Å². The maximum atomic E-state index is 5.96. The van der Waals surface area contributed by atoms with E-state index >= 15 is 0 Å². The SMILES string of the molecule is c1ccc(-c2nnc(NCc3ccnc(OC4CCCC4)c3)s2)nc1. The highest BCUT2D eigenvalue weighted by Crippen LogP contribution is 2.26. The maximum absolute atomic E-state index is 5.96. The number of anilines is 1. The molecule has 1 fully saturated rings. The van der Waals surface area contributed by atoms with Gasteiger partial charge >= 0.3 is 0 Å². The summed E-state index contributed by atoms with van der Waals surface area (Å²) in [5.74, 6) is 0.706. The molecule has 0 aliphatic heterocycles. The minimum Gasteiger partial charge on any atom is -0.474 e. The molecule has 6 nitrogen and oxygen atoms in total. The molecule has 4 rings (SSSR count). The first kappa shape index (κ1) is 16.0. The highest BCUT2D eigenvalue weighted by molar-refractivity contribution is 7.18. The average Bonchev–Trinajstić information content (AvgIpc) is 3.33. The van der Waals surface area contributed by atoms with Gasteiger partial charge in [0.2, 0.25) is 11.0 Å². The second-order valence-corrected chi connectivity index (χ2v) is 6.99. The quantitative estimate of drug-likeness (QED) is 0.724. The lowest BCUT2D eigenvalue weighted by Crippen LogP contribution is -2.12. The molecule has 1 saturated carbocycles. The van der Waals surface area contributed by atoms with Gasteiger partial charge in [-0.05, 0) is 49.4 Å². The number of nitrogens with zero attached hydrogens (tertiary/aromatic N) is 4. The number of pyridine rings is 2. The molecule has 0 saturated heterocycles. The molecule has 1 aliphatic rings. The lowest BCUT2D eigenvalue weighted by atomic mass is 10.2. The molecule has 0 amide bonds. The molecule has 0 radical (unpaired) electrons. The highest BCUT2D eigenvalue weighted by atomic mass is 32.1. The molecule has 3 aromatic heterocycles. The fraction of sp³-hybridized carbons (Fsp3) is 0.333. The Kier molecular flexibility index (Phi) is 4.83. The Labute approximate surface area is 150 Å². The van der Waals surface area contributed by atoms with Gasteiger partial charge in [0.05, 0.1) is 0 Å². The number of ether oxygens (including phenoxy) is 1. The zero-order valence-corrected chi connectivity index (χ0v) is 14.6. The third kappa shape index (κ3) is 4.11. The molecule has 3 aromatic rings. The Morgan fingerprint density at radius 2 is 2.00 bits per heavy atom. The van der Waals surface area contributed by atoms with Crippen LogP contribution in [0.15, 0.2) is 42.7 Å². The van der Waals surface area contributed by atoms with Gasteiger partial charge in [-0.15, -0.1) is 10.2 Å². The van der Waals surface area contributed by atoms with Crippen LogP contribution in [0.2, 0.25) is 0 Å². The van der Waals surface area contributed by atoms with E-state index in [2.05, 4.69) is 25.5 Å². The Morgan fingerprint density at radius 1 is 1.08 bits per heavy atom. The van der Waals surface area contributed by atoms with Crippen molar-refractivity contribution < 1.29 is 4.74 Å². The monoisotopic (exact) mass is 353 g/mol. The Morgan fingerprint density at radius 3 is 2.84 bits per heavy atom. The van der Waals surface area contributed by atoms with Crippen LogP contribution in [0.4, 0.5) is 5.13 Å². The average molecular weight is 353 g/mol. The van der Waals surface area contributed by atoms with Crippen molar-refractivity contribution in [2.45, 2.75) is 38.3 Å². The van der Waals surface area contributed by atoms with Crippen molar-refractivity contribution in [1.82, 2.24) is 20.2 Å². The number of hydrogen-bond acceptors (Lipinski definition) is 7. The summed E-state index contributed by atoms with van der Waals surface area (Å²) in [5, 5.41) is 13.3. The van der Waals surface area contributed by atoms with E-state index in [1.165, 1.54) is 24.2 Å². The number of nitrogens with one attached hydrogen (secondary N) is 1. The number of hydrogen-bond donors (Lipinski definition) is 1. The van der Waals surface area contributed by atoms with Crippen LogP contribution in [0.1, 0.15) is 31.2 Å². The molecular formula is C18H19N5OS. The molecule has 0 atom stereocenters. The van der Waals surface area contributed by atoms with Crippen molar-refractivity contribution in [2.24, 2.45) is 0 Å². The normalized spacial score (nSPS) is 14.6. The third-order valence-corrected chi connectivity index (χ3v) is 5.05. The largest absolute Gasteiger partial charge is 0.474 e. The molecule has 1 aliphatic carbocycles. The van der Waals surface area contributed by atoms with Crippen molar-refractivity contribution in [3.8, 4) is 16.6 Å². The zero-order chi connectivity index (χ0) is 16.9. The summed E-state index contributed by atoms with van der Waals surface area (Å²) in [6.07, 6.45) is 8.63. The summed E-state index contributed by atoms with van der Waals surface area (Å²) in [7, 11) is 0.